The van der Waals surface area contributed by atoms with Crippen LogP contribution in [0.4, 0.5) is 5.69 Å². The van der Waals surface area contributed by atoms with Crippen LogP contribution in [0.2, 0.25) is 0 Å². The first-order chi connectivity index (χ1) is 6.18. The van der Waals surface area contributed by atoms with Crippen LogP contribution in [0, 0.1) is 10.1 Å². The van der Waals surface area contributed by atoms with Gasteiger partial charge in [-0.1, -0.05) is 0 Å². The number of hydrogen-bond donors (Lipinski definition) is 0. The molecule has 0 amide bonds. The van der Waals surface area contributed by atoms with E-state index in [-0.39, 0.29) is 10.6 Å². The van der Waals surface area contributed by atoms with E-state index >= 15 is 0 Å². The SMILES string of the molecule is O=[N+]([O-])c1cc2c(cc1Br)CCC2. The lowest BCUT2D eigenvalue weighted by Gasteiger charge is -2.00. The topological polar surface area (TPSA) is 43.1 Å². The van der Waals surface area contributed by atoms with Gasteiger partial charge in [-0.25, -0.2) is 0 Å². The van der Waals surface area contributed by atoms with Crippen LogP contribution in [0.25, 0.3) is 0 Å². The molecule has 0 fully saturated rings. The maximum Gasteiger partial charge on any atom is 0.283 e. The summed E-state index contributed by atoms with van der Waals surface area (Å²) in [4.78, 5) is 10.3. The summed E-state index contributed by atoms with van der Waals surface area (Å²) in [6, 6.07) is 3.56. The first-order valence-corrected chi connectivity index (χ1v) is 4.93. The molecule has 0 spiro atoms. The third kappa shape index (κ3) is 1.46. The summed E-state index contributed by atoms with van der Waals surface area (Å²) in [5.74, 6) is 0. The number of nitro groups is 1. The molecule has 0 bridgehead atoms. The first-order valence-electron chi connectivity index (χ1n) is 4.14. The van der Waals surface area contributed by atoms with Crippen molar-refractivity contribution in [1.29, 1.82) is 0 Å². The van der Waals surface area contributed by atoms with Crippen molar-refractivity contribution in [3.8, 4) is 0 Å². The molecule has 0 heterocycles. The predicted molar refractivity (Wildman–Crippen MR) is 52.8 cm³/mol. The zero-order valence-corrected chi connectivity index (χ0v) is 8.50. The number of nitro benzene ring substituents is 1. The Hall–Kier alpha value is -0.900. The third-order valence-electron chi connectivity index (χ3n) is 2.36. The van der Waals surface area contributed by atoms with Gasteiger partial charge in [0.25, 0.3) is 5.69 Å². The van der Waals surface area contributed by atoms with Gasteiger partial charge in [0.2, 0.25) is 0 Å². The Bertz CT molecular complexity index is 376. The number of halogens is 1. The van der Waals surface area contributed by atoms with Gasteiger partial charge in [0.1, 0.15) is 0 Å². The number of hydrogen-bond acceptors (Lipinski definition) is 2. The van der Waals surface area contributed by atoms with E-state index in [2.05, 4.69) is 15.9 Å². The Balaban J connectivity index is 2.55. The quantitative estimate of drug-likeness (QED) is 0.561. The van der Waals surface area contributed by atoms with Crippen molar-refractivity contribution in [2.45, 2.75) is 19.3 Å². The molecule has 2 rings (SSSR count). The van der Waals surface area contributed by atoms with E-state index in [0.717, 1.165) is 24.8 Å². The molecular weight excluding hydrogens is 234 g/mol. The maximum atomic E-state index is 10.6. The van der Waals surface area contributed by atoms with Crippen molar-refractivity contribution < 1.29 is 4.92 Å². The predicted octanol–water partition coefficient (Wildman–Crippen LogP) is 2.85. The van der Waals surface area contributed by atoms with Crippen LogP contribution in [-0.4, -0.2) is 4.92 Å². The van der Waals surface area contributed by atoms with E-state index in [4.69, 9.17) is 0 Å². The van der Waals surface area contributed by atoms with Gasteiger partial charge in [-0.2, -0.15) is 0 Å². The van der Waals surface area contributed by atoms with Crippen molar-refractivity contribution in [3.63, 3.8) is 0 Å². The summed E-state index contributed by atoms with van der Waals surface area (Å²) in [5, 5.41) is 10.6. The van der Waals surface area contributed by atoms with E-state index in [1.165, 1.54) is 5.56 Å². The summed E-state index contributed by atoms with van der Waals surface area (Å²) in [6.07, 6.45) is 3.14. The lowest BCUT2D eigenvalue weighted by Crippen LogP contribution is -1.92. The second-order valence-corrected chi connectivity index (χ2v) is 4.04. The maximum absolute atomic E-state index is 10.6. The standard InChI is InChI=1S/C9H8BrNO2/c10-8-4-6-2-1-3-7(6)5-9(8)11(12)13/h4-5H,1-3H2. The molecule has 1 aliphatic carbocycles. The molecule has 0 aromatic heterocycles. The highest BCUT2D eigenvalue weighted by molar-refractivity contribution is 9.10. The molecule has 0 saturated heterocycles. The molecule has 0 aliphatic heterocycles. The van der Waals surface area contributed by atoms with E-state index in [1.807, 2.05) is 6.07 Å². The summed E-state index contributed by atoms with van der Waals surface area (Å²) >= 11 is 3.21. The number of nitrogens with zero attached hydrogens (tertiary/aromatic N) is 1. The van der Waals surface area contributed by atoms with E-state index in [0.29, 0.717) is 4.47 Å². The van der Waals surface area contributed by atoms with Crippen LogP contribution in [0.15, 0.2) is 16.6 Å². The molecule has 1 aliphatic rings. The summed E-state index contributed by atoms with van der Waals surface area (Å²) in [7, 11) is 0. The molecule has 0 radical (unpaired) electrons. The van der Waals surface area contributed by atoms with Gasteiger partial charge in [-0.05, 0) is 52.4 Å². The fourth-order valence-electron chi connectivity index (χ4n) is 1.72. The molecule has 1 aromatic rings. The minimum atomic E-state index is -0.345. The molecule has 4 heteroatoms. The van der Waals surface area contributed by atoms with Crippen molar-refractivity contribution in [1.82, 2.24) is 0 Å². The van der Waals surface area contributed by atoms with Crippen LogP contribution >= 0.6 is 15.9 Å². The fraction of sp³-hybridized carbons (Fsp3) is 0.333. The molecule has 3 nitrogen and oxygen atoms in total. The van der Waals surface area contributed by atoms with E-state index < -0.39 is 0 Å². The highest BCUT2D eigenvalue weighted by Crippen LogP contribution is 2.32. The second-order valence-electron chi connectivity index (χ2n) is 3.18. The minimum Gasteiger partial charge on any atom is -0.258 e. The van der Waals surface area contributed by atoms with Gasteiger partial charge in [0, 0.05) is 6.07 Å². The van der Waals surface area contributed by atoms with Crippen molar-refractivity contribution in [2.24, 2.45) is 0 Å². The Morgan fingerprint density at radius 3 is 2.54 bits per heavy atom. The highest BCUT2D eigenvalue weighted by Gasteiger charge is 2.19. The van der Waals surface area contributed by atoms with Gasteiger partial charge < -0.3 is 0 Å². The normalized spacial score (nSPS) is 14.2. The minimum absolute atomic E-state index is 0.181. The average Bonchev–Trinajstić information content (AvgIpc) is 2.48. The summed E-state index contributed by atoms with van der Waals surface area (Å²) < 4.78 is 0.596. The van der Waals surface area contributed by atoms with Crippen molar-refractivity contribution in [3.05, 3.63) is 37.8 Å². The lowest BCUT2D eigenvalue weighted by molar-refractivity contribution is -0.385. The largest absolute Gasteiger partial charge is 0.283 e. The van der Waals surface area contributed by atoms with Crippen LogP contribution in [0.3, 0.4) is 0 Å². The molecule has 0 saturated carbocycles. The molecule has 68 valence electrons. The smallest absolute Gasteiger partial charge is 0.258 e. The number of aryl methyl sites for hydroxylation is 2. The molecule has 13 heavy (non-hydrogen) atoms. The number of rotatable bonds is 1. The second kappa shape index (κ2) is 3.10. The Morgan fingerprint density at radius 2 is 1.92 bits per heavy atom. The van der Waals surface area contributed by atoms with E-state index in [9.17, 15) is 10.1 Å². The van der Waals surface area contributed by atoms with Gasteiger partial charge in [-0.15, -0.1) is 0 Å². The lowest BCUT2D eigenvalue weighted by atomic mass is 10.1. The zero-order chi connectivity index (χ0) is 9.42. The first kappa shape index (κ1) is 8.69. The van der Waals surface area contributed by atoms with Gasteiger partial charge in [0.05, 0.1) is 9.40 Å². The highest BCUT2D eigenvalue weighted by atomic mass is 79.9. The zero-order valence-electron chi connectivity index (χ0n) is 6.92. The Labute approximate surface area is 84.0 Å². The van der Waals surface area contributed by atoms with Gasteiger partial charge in [0.15, 0.2) is 0 Å². The third-order valence-corrected chi connectivity index (χ3v) is 2.99. The van der Waals surface area contributed by atoms with Crippen molar-refractivity contribution >= 4 is 21.6 Å². The van der Waals surface area contributed by atoms with Crippen LogP contribution in [0.1, 0.15) is 17.5 Å². The molecular formula is C9H8BrNO2. The Morgan fingerprint density at radius 1 is 1.31 bits per heavy atom. The monoisotopic (exact) mass is 241 g/mol. The van der Waals surface area contributed by atoms with Gasteiger partial charge in [-0.3, -0.25) is 10.1 Å². The molecule has 0 atom stereocenters. The van der Waals surface area contributed by atoms with Crippen LogP contribution in [0.5, 0.6) is 0 Å². The number of benzene rings is 1. The molecule has 0 N–H and O–H groups in total. The summed E-state index contributed by atoms with van der Waals surface area (Å²) in [5.41, 5.74) is 2.56. The fourth-order valence-corrected chi connectivity index (χ4v) is 2.26. The number of fused-ring (bicyclic) bond motifs is 1. The van der Waals surface area contributed by atoms with Crippen LogP contribution < -0.4 is 0 Å². The van der Waals surface area contributed by atoms with E-state index in [1.54, 1.807) is 6.07 Å². The summed E-state index contributed by atoms with van der Waals surface area (Å²) in [6.45, 7) is 0. The average molecular weight is 242 g/mol. The molecule has 0 unspecified atom stereocenters. The Kier molecular flexibility index (Phi) is 2.07. The van der Waals surface area contributed by atoms with Gasteiger partial charge >= 0.3 is 0 Å². The molecule has 1 aromatic carbocycles. The van der Waals surface area contributed by atoms with Crippen molar-refractivity contribution in [2.75, 3.05) is 0 Å². The van der Waals surface area contributed by atoms with Crippen LogP contribution in [-0.2, 0) is 12.8 Å².